The van der Waals surface area contributed by atoms with Gasteiger partial charge in [0.1, 0.15) is 0 Å². The Morgan fingerprint density at radius 1 is 1.20 bits per heavy atom. The zero-order chi connectivity index (χ0) is 18.6. The Labute approximate surface area is 148 Å². The summed E-state index contributed by atoms with van der Waals surface area (Å²) in [5, 5.41) is 4.48. The number of hydrogen-bond donors (Lipinski definition) is 1. The van der Waals surface area contributed by atoms with Gasteiger partial charge in [-0.2, -0.15) is 5.10 Å². The van der Waals surface area contributed by atoms with Crippen molar-refractivity contribution in [1.29, 1.82) is 0 Å². The first kappa shape index (κ1) is 18.7. The lowest BCUT2D eigenvalue weighted by atomic mass is 10.1. The molecular formula is C19H26N4O2. The fraction of sp³-hybridized carbons (Fsp3) is 0.421. The molecule has 6 heteroatoms. The van der Waals surface area contributed by atoms with E-state index in [2.05, 4.69) is 5.10 Å². The summed E-state index contributed by atoms with van der Waals surface area (Å²) in [6, 6.07) is 11.4. The van der Waals surface area contributed by atoms with Crippen molar-refractivity contribution < 1.29 is 9.59 Å². The van der Waals surface area contributed by atoms with Crippen molar-refractivity contribution in [2.24, 2.45) is 5.73 Å². The maximum absolute atomic E-state index is 13.0. The first-order valence-electron chi connectivity index (χ1n) is 8.37. The van der Waals surface area contributed by atoms with E-state index < -0.39 is 5.91 Å². The Morgan fingerprint density at radius 2 is 1.84 bits per heavy atom. The molecule has 6 nitrogen and oxygen atoms in total. The summed E-state index contributed by atoms with van der Waals surface area (Å²) < 4.78 is 1.84. The number of amides is 2. The molecule has 134 valence electrons. The molecule has 0 aliphatic heterocycles. The molecule has 25 heavy (non-hydrogen) atoms. The van der Waals surface area contributed by atoms with Gasteiger partial charge in [0.15, 0.2) is 5.69 Å². The van der Waals surface area contributed by atoms with E-state index >= 15 is 0 Å². The molecule has 0 saturated heterocycles. The van der Waals surface area contributed by atoms with Crippen molar-refractivity contribution in [2.45, 2.75) is 46.2 Å². The highest BCUT2D eigenvalue weighted by atomic mass is 16.2. The quantitative estimate of drug-likeness (QED) is 0.875. The smallest absolute Gasteiger partial charge is 0.274 e. The molecule has 2 amide bonds. The predicted molar refractivity (Wildman–Crippen MR) is 97.0 cm³/mol. The van der Waals surface area contributed by atoms with Gasteiger partial charge in [0.25, 0.3) is 5.91 Å². The second-order valence-corrected chi connectivity index (χ2v) is 7.18. The number of aromatic nitrogens is 2. The van der Waals surface area contributed by atoms with Gasteiger partial charge in [-0.15, -0.1) is 0 Å². The summed E-state index contributed by atoms with van der Waals surface area (Å²) in [7, 11) is 0. The van der Waals surface area contributed by atoms with Crippen molar-refractivity contribution in [3.05, 3.63) is 53.3 Å². The van der Waals surface area contributed by atoms with Crippen LogP contribution in [0.25, 0.3) is 0 Å². The van der Waals surface area contributed by atoms with Crippen LogP contribution in [-0.2, 0) is 16.9 Å². The van der Waals surface area contributed by atoms with Crippen molar-refractivity contribution in [3.63, 3.8) is 0 Å². The maximum atomic E-state index is 13.0. The van der Waals surface area contributed by atoms with Crippen LogP contribution in [0, 0.1) is 6.92 Å². The summed E-state index contributed by atoms with van der Waals surface area (Å²) in [5.74, 6) is -0.626. The minimum atomic E-state index is -0.428. The molecule has 2 N–H and O–H groups in total. The molecular weight excluding hydrogens is 316 g/mol. The van der Waals surface area contributed by atoms with Gasteiger partial charge in [0.05, 0.1) is 5.54 Å². The Morgan fingerprint density at radius 3 is 2.36 bits per heavy atom. The average molecular weight is 342 g/mol. The van der Waals surface area contributed by atoms with Crippen LogP contribution >= 0.6 is 0 Å². The minimum Gasteiger partial charge on any atom is -0.370 e. The van der Waals surface area contributed by atoms with Crippen LogP contribution in [0.3, 0.4) is 0 Å². The third kappa shape index (κ3) is 4.92. The number of nitrogens with zero attached hydrogens (tertiary/aromatic N) is 3. The van der Waals surface area contributed by atoms with Crippen LogP contribution < -0.4 is 5.73 Å². The maximum Gasteiger partial charge on any atom is 0.274 e. The Balaban J connectivity index is 2.26. The number of rotatable bonds is 6. The zero-order valence-corrected chi connectivity index (χ0v) is 15.3. The number of carbonyl (C=O) groups excluding carboxylic acids is 2. The lowest BCUT2D eigenvalue weighted by Crippen LogP contribution is -2.34. The second-order valence-electron chi connectivity index (χ2n) is 7.18. The summed E-state index contributed by atoms with van der Waals surface area (Å²) in [6.45, 7) is 8.72. The Hall–Kier alpha value is -2.63. The van der Waals surface area contributed by atoms with E-state index in [9.17, 15) is 9.59 Å². The lowest BCUT2D eigenvalue weighted by Gasteiger charge is -2.22. The molecule has 1 heterocycles. The summed E-state index contributed by atoms with van der Waals surface area (Å²) in [5.41, 5.74) is 7.35. The summed E-state index contributed by atoms with van der Waals surface area (Å²) >= 11 is 0. The molecule has 2 aromatic rings. The van der Waals surface area contributed by atoms with Gasteiger partial charge in [-0.3, -0.25) is 14.3 Å². The molecule has 1 aromatic carbocycles. The van der Waals surface area contributed by atoms with Gasteiger partial charge in [-0.05, 0) is 39.3 Å². The van der Waals surface area contributed by atoms with E-state index in [0.717, 1.165) is 11.3 Å². The largest absolute Gasteiger partial charge is 0.370 e. The number of aryl methyl sites for hydroxylation is 1. The van der Waals surface area contributed by atoms with Crippen molar-refractivity contribution in [2.75, 3.05) is 6.54 Å². The van der Waals surface area contributed by atoms with Crippen LogP contribution in [0.15, 0.2) is 36.4 Å². The average Bonchev–Trinajstić information content (AvgIpc) is 2.93. The first-order valence-corrected chi connectivity index (χ1v) is 8.37. The third-order valence-electron chi connectivity index (χ3n) is 3.87. The van der Waals surface area contributed by atoms with Gasteiger partial charge in [0, 0.05) is 25.2 Å². The van der Waals surface area contributed by atoms with Gasteiger partial charge in [-0.1, -0.05) is 30.3 Å². The molecule has 0 atom stereocenters. The third-order valence-corrected chi connectivity index (χ3v) is 3.87. The SMILES string of the molecule is Cc1cc(C(=O)N(CCC(N)=O)Cc2ccccc2)nn1C(C)(C)C. The van der Waals surface area contributed by atoms with E-state index in [1.54, 1.807) is 11.0 Å². The van der Waals surface area contributed by atoms with Crippen molar-refractivity contribution in [3.8, 4) is 0 Å². The number of benzene rings is 1. The molecule has 0 aliphatic carbocycles. The monoisotopic (exact) mass is 342 g/mol. The highest BCUT2D eigenvalue weighted by Crippen LogP contribution is 2.18. The molecule has 0 spiro atoms. The van der Waals surface area contributed by atoms with E-state index in [4.69, 9.17) is 5.73 Å². The van der Waals surface area contributed by atoms with Gasteiger partial charge in [-0.25, -0.2) is 0 Å². The summed E-state index contributed by atoms with van der Waals surface area (Å²) in [4.78, 5) is 25.7. The normalized spacial score (nSPS) is 11.4. The number of primary amides is 1. The van der Waals surface area contributed by atoms with Gasteiger partial charge in [0.2, 0.25) is 5.91 Å². The molecule has 0 fully saturated rings. The highest BCUT2D eigenvalue weighted by Gasteiger charge is 2.24. The van der Waals surface area contributed by atoms with E-state index in [1.807, 2.05) is 62.7 Å². The Bertz CT molecular complexity index is 745. The zero-order valence-electron chi connectivity index (χ0n) is 15.3. The van der Waals surface area contributed by atoms with Crippen LogP contribution in [-0.4, -0.2) is 33.0 Å². The predicted octanol–water partition coefficient (Wildman–Crippen LogP) is 2.46. The Kier molecular flexibility index (Phi) is 5.62. The minimum absolute atomic E-state index is 0.123. The van der Waals surface area contributed by atoms with Gasteiger partial charge >= 0.3 is 0 Å². The fourth-order valence-electron chi connectivity index (χ4n) is 2.72. The molecule has 0 unspecified atom stereocenters. The number of nitrogens with two attached hydrogens (primary N) is 1. The highest BCUT2D eigenvalue weighted by molar-refractivity contribution is 5.92. The fourth-order valence-corrected chi connectivity index (χ4v) is 2.72. The molecule has 0 saturated carbocycles. The lowest BCUT2D eigenvalue weighted by molar-refractivity contribution is -0.118. The van der Waals surface area contributed by atoms with E-state index in [1.165, 1.54) is 0 Å². The van der Waals surface area contributed by atoms with Crippen LogP contribution in [0.2, 0.25) is 0 Å². The van der Waals surface area contributed by atoms with Crippen LogP contribution in [0.5, 0.6) is 0 Å². The molecule has 2 rings (SSSR count). The second kappa shape index (κ2) is 7.51. The van der Waals surface area contributed by atoms with Gasteiger partial charge < -0.3 is 10.6 Å². The summed E-state index contributed by atoms with van der Waals surface area (Å²) in [6.07, 6.45) is 0.123. The molecule has 1 aromatic heterocycles. The van der Waals surface area contributed by atoms with Crippen LogP contribution in [0.1, 0.15) is 48.9 Å². The van der Waals surface area contributed by atoms with E-state index in [0.29, 0.717) is 12.2 Å². The molecule has 0 aliphatic rings. The number of hydrogen-bond acceptors (Lipinski definition) is 3. The molecule has 0 bridgehead atoms. The standard InChI is InChI=1S/C19H26N4O2/c1-14-12-16(21-23(14)19(2,3)4)18(25)22(11-10-17(20)24)13-15-8-6-5-7-9-15/h5-9,12H,10-11,13H2,1-4H3,(H2,20,24). The topological polar surface area (TPSA) is 81.2 Å². The van der Waals surface area contributed by atoms with Crippen LogP contribution in [0.4, 0.5) is 0 Å². The van der Waals surface area contributed by atoms with Crippen molar-refractivity contribution >= 4 is 11.8 Å². The van der Waals surface area contributed by atoms with E-state index in [-0.39, 0.29) is 24.4 Å². The molecule has 0 radical (unpaired) electrons. The first-order chi connectivity index (χ1) is 11.7. The van der Waals surface area contributed by atoms with Crippen molar-refractivity contribution in [1.82, 2.24) is 14.7 Å². The number of carbonyl (C=O) groups is 2.